The molecule has 3 amide bonds. The van der Waals surface area contributed by atoms with Crippen LogP contribution < -0.4 is 11.1 Å². The highest BCUT2D eigenvalue weighted by Crippen LogP contribution is 2.15. The van der Waals surface area contributed by atoms with Gasteiger partial charge in [-0.05, 0) is 24.8 Å². The smallest absolute Gasteiger partial charge is 0.243 e. The molecule has 0 fully saturated rings. The summed E-state index contributed by atoms with van der Waals surface area (Å²) in [6, 6.07) is 7.87. The summed E-state index contributed by atoms with van der Waals surface area (Å²) in [5, 5.41) is 2.59. The van der Waals surface area contributed by atoms with E-state index in [1.807, 2.05) is 44.2 Å². The van der Waals surface area contributed by atoms with Gasteiger partial charge in [-0.15, -0.1) is 0 Å². The molecule has 26 heavy (non-hydrogen) atoms. The Hall–Kier alpha value is -2.02. The molecule has 0 aliphatic heterocycles. The Morgan fingerprint density at radius 1 is 1.15 bits per heavy atom. The maximum absolute atomic E-state index is 12.8. The van der Waals surface area contributed by atoms with E-state index in [0.29, 0.717) is 18.8 Å². The number of amides is 3. The summed E-state index contributed by atoms with van der Waals surface area (Å²) in [4.78, 5) is 38.1. The summed E-state index contributed by atoms with van der Waals surface area (Å²) in [5.41, 5.74) is 6.16. The maximum Gasteiger partial charge on any atom is 0.243 e. The molecule has 0 aliphatic carbocycles. The van der Waals surface area contributed by atoms with Gasteiger partial charge in [-0.3, -0.25) is 14.4 Å². The molecule has 0 radical (unpaired) electrons. The van der Waals surface area contributed by atoms with Crippen molar-refractivity contribution in [3.05, 3.63) is 35.9 Å². The van der Waals surface area contributed by atoms with Crippen molar-refractivity contribution in [2.45, 2.75) is 52.1 Å². The van der Waals surface area contributed by atoms with Gasteiger partial charge in [0.25, 0.3) is 0 Å². The SMILES string of the molecule is CC(C)CCC(=O)N(CS)C(Cc1ccccc1)C(=O)NC(C)C(N)=O. The van der Waals surface area contributed by atoms with Crippen LogP contribution in [0.3, 0.4) is 0 Å². The molecule has 6 nitrogen and oxygen atoms in total. The minimum absolute atomic E-state index is 0.118. The van der Waals surface area contributed by atoms with Crippen LogP contribution in [0.1, 0.15) is 39.2 Å². The molecule has 2 atom stereocenters. The molecular formula is C19H29N3O3S. The highest BCUT2D eigenvalue weighted by Gasteiger charge is 2.30. The van der Waals surface area contributed by atoms with Crippen LogP contribution in [0.4, 0.5) is 0 Å². The number of primary amides is 1. The van der Waals surface area contributed by atoms with Crippen molar-refractivity contribution in [1.29, 1.82) is 0 Å². The van der Waals surface area contributed by atoms with Crippen LogP contribution in [0, 0.1) is 5.92 Å². The molecule has 0 saturated heterocycles. The van der Waals surface area contributed by atoms with Crippen LogP contribution in [-0.4, -0.2) is 40.6 Å². The second-order valence-corrected chi connectivity index (χ2v) is 7.06. The molecule has 0 saturated carbocycles. The van der Waals surface area contributed by atoms with Crippen molar-refractivity contribution in [3.63, 3.8) is 0 Å². The van der Waals surface area contributed by atoms with Crippen molar-refractivity contribution in [2.75, 3.05) is 5.88 Å². The van der Waals surface area contributed by atoms with Crippen molar-refractivity contribution < 1.29 is 14.4 Å². The Balaban J connectivity index is 3.01. The number of carbonyl (C=O) groups excluding carboxylic acids is 3. The molecule has 2 unspecified atom stereocenters. The van der Waals surface area contributed by atoms with Crippen molar-refractivity contribution in [3.8, 4) is 0 Å². The standard InChI is InChI=1S/C19H29N3O3S/c1-13(2)9-10-17(23)22(12-26)16(11-15-7-5-4-6-8-15)19(25)21-14(3)18(20)24/h4-8,13-14,16,26H,9-12H2,1-3H3,(H2,20,24)(H,21,25). The number of hydrogen-bond acceptors (Lipinski definition) is 4. The fraction of sp³-hybridized carbons (Fsp3) is 0.526. The van der Waals surface area contributed by atoms with Crippen LogP contribution in [-0.2, 0) is 20.8 Å². The third-order valence-corrected chi connectivity index (χ3v) is 4.45. The van der Waals surface area contributed by atoms with Gasteiger partial charge in [0, 0.05) is 12.8 Å². The highest BCUT2D eigenvalue weighted by atomic mass is 32.1. The van der Waals surface area contributed by atoms with Crippen molar-refractivity contribution in [1.82, 2.24) is 10.2 Å². The number of nitrogens with one attached hydrogen (secondary N) is 1. The number of nitrogens with zero attached hydrogens (tertiary/aromatic N) is 1. The first-order valence-corrected chi connectivity index (χ1v) is 9.43. The lowest BCUT2D eigenvalue weighted by Crippen LogP contribution is -2.54. The average molecular weight is 380 g/mol. The van der Waals surface area contributed by atoms with Crippen molar-refractivity contribution in [2.24, 2.45) is 11.7 Å². The highest BCUT2D eigenvalue weighted by molar-refractivity contribution is 7.80. The number of thiol groups is 1. The third kappa shape index (κ3) is 7.07. The Kier molecular flexibility index (Phi) is 9.19. The monoisotopic (exact) mass is 379 g/mol. The summed E-state index contributed by atoms with van der Waals surface area (Å²) in [6.07, 6.45) is 1.43. The second-order valence-electron chi connectivity index (χ2n) is 6.78. The molecular weight excluding hydrogens is 350 g/mol. The van der Waals surface area contributed by atoms with Gasteiger partial charge in [-0.1, -0.05) is 44.2 Å². The maximum atomic E-state index is 12.8. The van der Waals surface area contributed by atoms with E-state index in [-0.39, 0.29) is 11.8 Å². The number of carbonyl (C=O) groups is 3. The molecule has 1 aromatic rings. The average Bonchev–Trinajstić information content (AvgIpc) is 2.60. The molecule has 0 heterocycles. The van der Waals surface area contributed by atoms with E-state index in [1.54, 1.807) is 0 Å². The van der Waals surface area contributed by atoms with Gasteiger partial charge in [0.15, 0.2) is 0 Å². The van der Waals surface area contributed by atoms with E-state index in [0.717, 1.165) is 12.0 Å². The van der Waals surface area contributed by atoms with Crippen molar-refractivity contribution >= 4 is 30.4 Å². The number of hydrogen-bond donors (Lipinski definition) is 3. The Bertz CT molecular complexity index is 607. The zero-order chi connectivity index (χ0) is 19.7. The van der Waals surface area contributed by atoms with Gasteiger partial charge in [0.05, 0.1) is 5.88 Å². The number of benzene rings is 1. The topological polar surface area (TPSA) is 92.5 Å². The summed E-state index contributed by atoms with van der Waals surface area (Å²) in [7, 11) is 0. The fourth-order valence-electron chi connectivity index (χ4n) is 2.47. The normalized spacial score (nSPS) is 13.1. The van der Waals surface area contributed by atoms with Crippen LogP contribution >= 0.6 is 12.6 Å². The predicted octanol–water partition coefficient (Wildman–Crippen LogP) is 1.74. The summed E-state index contributed by atoms with van der Waals surface area (Å²) >= 11 is 4.26. The molecule has 0 spiro atoms. The molecule has 1 rings (SSSR count). The summed E-state index contributed by atoms with van der Waals surface area (Å²) < 4.78 is 0. The molecule has 1 aromatic carbocycles. The molecule has 3 N–H and O–H groups in total. The zero-order valence-corrected chi connectivity index (χ0v) is 16.5. The van der Waals surface area contributed by atoms with E-state index in [4.69, 9.17) is 5.73 Å². The largest absolute Gasteiger partial charge is 0.368 e. The first kappa shape index (κ1) is 22.0. The molecule has 144 valence electrons. The van der Waals surface area contributed by atoms with E-state index < -0.39 is 23.9 Å². The molecule has 0 aromatic heterocycles. The van der Waals surface area contributed by atoms with Gasteiger partial charge in [0.1, 0.15) is 12.1 Å². The zero-order valence-electron chi connectivity index (χ0n) is 15.6. The van der Waals surface area contributed by atoms with Gasteiger partial charge >= 0.3 is 0 Å². The predicted molar refractivity (Wildman–Crippen MR) is 106 cm³/mol. The Morgan fingerprint density at radius 2 is 1.77 bits per heavy atom. The van der Waals surface area contributed by atoms with Crippen LogP contribution in [0.25, 0.3) is 0 Å². The first-order chi connectivity index (χ1) is 12.3. The third-order valence-electron chi connectivity index (χ3n) is 4.14. The summed E-state index contributed by atoms with van der Waals surface area (Å²) in [5.74, 6) is -0.659. The summed E-state index contributed by atoms with van der Waals surface area (Å²) in [6.45, 7) is 5.60. The minimum Gasteiger partial charge on any atom is -0.368 e. The van der Waals surface area contributed by atoms with E-state index >= 15 is 0 Å². The van der Waals surface area contributed by atoms with Crippen LogP contribution in [0.15, 0.2) is 30.3 Å². The molecule has 0 bridgehead atoms. The van der Waals surface area contributed by atoms with Gasteiger partial charge in [0.2, 0.25) is 17.7 Å². The number of nitrogens with two attached hydrogens (primary N) is 1. The van der Waals surface area contributed by atoms with Crippen LogP contribution in [0.2, 0.25) is 0 Å². The van der Waals surface area contributed by atoms with Gasteiger partial charge in [-0.25, -0.2) is 0 Å². The lowest BCUT2D eigenvalue weighted by molar-refractivity contribution is -0.140. The first-order valence-electron chi connectivity index (χ1n) is 8.80. The Labute approximate surface area is 160 Å². The van der Waals surface area contributed by atoms with E-state index in [2.05, 4.69) is 17.9 Å². The molecule has 7 heteroatoms. The lowest BCUT2D eigenvalue weighted by Gasteiger charge is -2.30. The van der Waals surface area contributed by atoms with E-state index in [9.17, 15) is 14.4 Å². The quantitative estimate of drug-likeness (QED) is 0.427. The number of rotatable bonds is 10. The van der Waals surface area contributed by atoms with Crippen LogP contribution in [0.5, 0.6) is 0 Å². The fourth-order valence-corrected chi connectivity index (χ4v) is 2.82. The van der Waals surface area contributed by atoms with Gasteiger partial charge in [-0.2, -0.15) is 12.6 Å². The van der Waals surface area contributed by atoms with E-state index in [1.165, 1.54) is 11.8 Å². The lowest BCUT2D eigenvalue weighted by atomic mass is 10.0. The minimum atomic E-state index is -0.812. The second kappa shape index (κ2) is 10.9. The Morgan fingerprint density at radius 3 is 2.27 bits per heavy atom. The van der Waals surface area contributed by atoms with Gasteiger partial charge < -0.3 is 16.0 Å². The molecule has 0 aliphatic rings.